The molecular formula is C37H35FN4O3S. The second-order valence-electron chi connectivity index (χ2n) is 12.2. The zero-order valence-corrected chi connectivity index (χ0v) is 26.3. The lowest BCUT2D eigenvalue weighted by molar-refractivity contribution is -0.120. The Kier molecular flexibility index (Phi) is 8.04. The number of aromatic nitrogens is 2. The summed E-state index contributed by atoms with van der Waals surface area (Å²) >= 11 is 0. The van der Waals surface area contributed by atoms with Crippen LogP contribution in [0.5, 0.6) is 0 Å². The Hall–Kier alpha value is -4.60. The van der Waals surface area contributed by atoms with Crippen LogP contribution in [0.4, 0.5) is 10.1 Å². The summed E-state index contributed by atoms with van der Waals surface area (Å²) in [6.45, 7) is 2.25. The third-order valence-corrected chi connectivity index (χ3v) is 10.6. The minimum atomic E-state index is -3.90. The first-order valence-corrected chi connectivity index (χ1v) is 17.1. The number of fused-ring (bicyclic) bond motifs is 1. The fraction of sp³-hybridized carbons (Fsp3) is 0.243. The number of anilines is 1. The molecule has 7 rings (SSSR count). The highest BCUT2D eigenvalue weighted by molar-refractivity contribution is 7.89. The number of carbonyl (C=O) groups excluding carboxylic acids is 1. The Bertz CT molecular complexity index is 1980. The van der Waals surface area contributed by atoms with Crippen LogP contribution in [0.2, 0.25) is 0 Å². The van der Waals surface area contributed by atoms with Crippen LogP contribution < -0.4 is 9.62 Å². The van der Waals surface area contributed by atoms with Crippen molar-refractivity contribution in [3.8, 4) is 5.69 Å². The van der Waals surface area contributed by atoms with Gasteiger partial charge in [0.25, 0.3) is 0 Å². The Balaban J connectivity index is 1.24. The maximum Gasteiger partial charge on any atom is 0.241 e. The van der Waals surface area contributed by atoms with Crippen molar-refractivity contribution in [3.63, 3.8) is 0 Å². The Morgan fingerprint density at radius 1 is 0.978 bits per heavy atom. The second-order valence-corrected chi connectivity index (χ2v) is 13.9. The smallest absolute Gasteiger partial charge is 0.241 e. The predicted octanol–water partition coefficient (Wildman–Crippen LogP) is 7.01. The summed E-state index contributed by atoms with van der Waals surface area (Å²) in [6.07, 6.45) is 4.85. The van der Waals surface area contributed by atoms with Gasteiger partial charge in [-0.1, -0.05) is 54.6 Å². The molecule has 9 heteroatoms. The first-order chi connectivity index (χ1) is 22.3. The third kappa shape index (κ3) is 6.00. The van der Waals surface area contributed by atoms with Gasteiger partial charge < -0.3 is 4.90 Å². The van der Waals surface area contributed by atoms with E-state index in [9.17, 15) is 17.6 Å². The molecule has 1 saturated carbocycles. The molecule has 1 fully saturated rings. The average Bonchev–Trinajstić information content (AvgIpc) is 3.80. The second kappa shape index (κ2) is 12.3. The number of aryl methyl sites for hydroxylation is 2. The quantitative estimate of drug-likeness (QED) is 0.189. The van der Waals surface area contributed by atoms with Gasteiger partial charge in [-0.25, -0.2) is 22.5 Å². The van der Waals surface area contributed by atoms with E-state index in [1.165, 1.54) is 12.1 Å². The molecule has 3 atom stereocenters. The van der Waals surface area contributed by atoms with Gasteiger partial charge in [-0.2, -0.15) is 0 Å². The molecule has 2 aliphatic rings. The van der Waals surface area contributed by atoms with Gasteiger partial charge in [0.2, 0.25) is 15.9 Å². The van der Waals surface area contributed by atoms with Crippen LogP contribution in [-0.2, 0) is 27.8 Å². The lowest BCUT2D eigenvalue weighted by atomic mass is 9.87. The third-order valence-electron chi connectivity index (χ3n) is 9.12. The largest absolute Gasteiger partial charge is 0.306 e. The van der Waals surface area contributed by atoms with Crippen LogP contribution in [-0.4, -0.2) is 23.9 Å². The molecule has 1 amide bonds. The number of halogens is 1. The van der Waals surface area contributed by atoms with E-state index in [0.29, 0.717) is 18.7 Å². The van der Waals surface area contributed by atoms with Gasteiger partial charge in [0.15, 0.2) is 0 Å². The van der Waals surface area contributed by atoms with Crippen molar-refractivity contribution < 1.29 is 17.6 Å². The molecule has 4 aromatic carbocycles. The molecule has 1 N–H and O–H groups in total. The summed E-state index contributed by atoms with van der Waals surface area (Å²) in [5, 5.41) is 0. The number of nitrogens with zero attached hydrogens (tertiary/aromatic N) is 3. The summed E-state index contributed by atoms with van der Waals surface area (Å²) in [5.41, 5.74) is 5.62. The van der Waals surface area contributed by atoms with Gasteiger partial charge in [0, 0.05) is 23.3 Å². The number of carbonyl (C=O) groups is 1. The van der Waals surface area contributed by atoms with Gasteiger partial charge in [0.05, 0.1) is 23.3 Å². The van der Waals surface area contributed by atoms with Crippen molar-refractivity contribution in [2.24, 2.45) is 5.92 Å². The average molecular weight is 635 g/mol. The molecule has 0 spiro atoms. The summed E-state index contributed by atoms with van der Waals surface area (Å²) in [7, 11) is -3.90. The molecule has 5 aromatic rings. The van der Waals surface area contributed by atoms with Gasteiger partial charge in [-0.3, -0.25) is 9.36 Å². The van der Waals surface area contributed by atoms with Crippen LogP contribution in [0, 0.1) is 18.7 Å². The molecule has 2 aliphatic carbocycles. The minimum Gasteiger partial charge on any atom is -0.306 e. The lowest BCUT2D eigenvalue weighted by Crippen LogP contribution is -2.34. The van der Waals surface area contributed by atoms with Gasteiger partial charge >= 0.3 is 0 Å². The maximum atomic E-state index is 14.4. The molecular weight excluding hydrogens is 599 g/mol. The van der Waals surface area contributed by atoms with E-state index in [1.807, 2.05) is 84.8 Å². The van der Waals surface area contributed by atoms with Crippen molar-refractivity contribution in [2.75, 3.05) is 4.90 Å². The van der Waals surface area contributed by atoms with Crippen molar-refractivity contribution >= 4 is 21.6 Å². The first kappa shape index (κ1) is 30.1. The number of rotatable bonds is 9. The fourth-order valence-electron chi connectivity index (χ4n) is 6.67. The van der Waals surface area contributed by atoms with Crippen molar-refractivity contribution in [3.05, 3.63) is 143 Å². The molecule has 46 heavy (non-hydrogen) atoms. The predicted molar refractivity (Wildman–Crippen MR) is 176 cm³/mol. The molecule has 0 bridgehead atoms. The van der Waals surface area contributed by atoms with E-state index in [4.69, 9.17) is 0 Å². The summed E-state index contributed by atoms with van der Waals surface area (Å²) in [6, 6.07) is 30.4. The normalized spacial score (nSPS) is 19.0. The topological polar surface area (TPSA) is 84.3 Å². The molecule has 0 saturated heterocycles. The molecule has 0 radical (unpaired) electrons. The highest BCUT2D eigenvalue weighted by Crippen LogP contribution is 2.49. The highest BCUT2D eigenvalue weighted by atomic mass is 32.2. The number of sulfonamides is 1. The van der Waals surface area contributed by atoms with Crippen molar-refractivity contribution in [1.82, 2.24) is 14.3 Å². The molecule has 7 nitrogen and oxygen atoms in total. The zero-order valence-electron chi connectivity index (χ0n) is 25.5. The van der Waals surface area contributed by atoms with Crippen LogP contribution >= 0.6 is 0 Å². The van der Waals surface area contributed by atoms with E-state index in [-0.39, 0.29) is 22.6 Å². The number of nitrogens with one attached hydrogen (secondary N) is 1. The van der Waals surface area contributed by atoms with E-state index in [1.54, 1.807) is 0 Å². The monoisotopic (exact) mass is 634 g/mol. The number of hydrogen-bond acceptors (Lipinski definition) is 4. The number of benzene rings is 4. The van der Waals surface area contributed by atoms with Gasteiger partial charge in [0.1, 0.15) is 11.6 Å². The summed E-state index contributed by atoms with van der Waals surface area (Å²) in [4.78, 5) is 20.8. The highest BCUT2D eigenvalue weighted by Gasteiger charge is 2.46. The molecule has 3 unspecified atom stereocenters. The van der Waals surface area contributed by atoms with E-state index in [2.05, 4.69) is 26.4 Å². The standard InChI is InChI=1S/C37H35FN4O3S/c1-25-39-23-31(42(25)29-12-6-3-7-13-29)24-41(37(43)35-22-33(35)26-9-4-2-5-10-26)30-18-15-27-11-8-14-36(34(27)21-30)40-46(44,45)32-19-16-28(38)17-20-32/h2-7,9-10,12-13,15-21,23,33,35-36,40H,8,11,14,22,24H2,1H3. The van der Waals surface area contributed by atoms with Crippen molar-refractivity contribution in [2.45, 2.75) is 56.0 Å². The zero-order chi connectivity index (χ0) is 31.8. The lowest BCUT2D eigenvalue weighted by Gasteiger charge is -2.30. The van der Waals surface area contributed by atoms with E-state index in [0.717, 1.165) is 65.3 Å². The SMILES string of the molecule is Cc1ncc(CN(C(=O)C2CC2c2ccccc2)c2ccc3c(c2)C(NS(=O)(=O)c2ccc(F)cc2)CCC3)n1-c1ccccc1. The Morgan fingerprint density at radius 3 is 2.43 bits per heavy atom. The van der Waals surface area contributed by atoms with Gasteiger partial charge in [-0.15, -0.1) is 0 Å². The van der Waals surface area contributed by atoms with Crippen LogP contribution in [0.3, 0.4) is 0 Å². The van der Waals surface area contributed by atoms with Gasteiger partial charge in [-0.05, 0) is 104 Å². The molecule has 1 aromatic heterocycles. The number of hydrogen-bond donors (Lipinski definition) is 1. The Morgan fingerprint density at radius 2 is 1.70 bits per heavy atom. The molecule has 0 aliphatic heterocycles. The van der Waals surface area contributed by atoms with E-state index >= 15 is 0 Å². The molecule has 234 valence electrons. The summed E-state index contributed by atoms with van der Waals surface area (Å²) in [5.74, 6) is 0.366. The van der Waals surface area contributed by atoms with E-state index < -0.39 is 21.9 Å². The van der Waals surface area contributed by atoms with Crippen molar-refractivity contribution in [1.29, 1.82) is 0 Å². The maximum absolute atomic E-state index is 14.4. The fourth-order valence-corrected chi connectivity index (χ4v) is 7.92. The number of imidazole rings is 1. The summed E-state index contributed by atoms with van der Waals surface area (Å²) < 4.78 is 45.1. The van der Waals surface area contributed by atoms with Crippen LogP contribution in [0.25, 0.3) is 5.69 Å². The van der Waals surface area contributed by atoms with Crippen LogP contribution in [0.15, 0.2) is 114 Å². The Labute approximate surface area is 268 Å². The first-order valence-electron chi connectivity index (χ1n) is 15.6. The van der Waals surface area contributed by atoms with Crippen LogP contribution in [0.1, 0.15) is 59.4 Å². The molecule has 1 heterocycles. The number of amides is 1. The minimum absolute atomic E-state index is 0.0132. The number of para-hydroxylation sites is 1.